The van der Waals surface area contributed by atoms with Crippen molar-refractivity contribution in [1.29, 1.82) is 0 Å². The Morgan fingerprint density at radius 2 is 2.10 bits per heavy atom. The molecule has 2 heterocycles. The number of nitrogens with zero attached hydrogens (tertiary/aromatic N) is 3. The molecule has 0 aliphatic carbocycles. The average molecular weight is 292 g/mol. The van der Waals surface area contributed by atoms with Crippen LogP contribution in [0.5, 0.6) is 0 Å². The number of aromatic nitrogens is 3. The van der Waals surface area contributed by atoms with Gasteiger partial charge in [-0.05, 0) is 34.1 Å². The smallest absolute Gasteiger partial charge is 0.116 e. The Kier molecular flexibility index (Phi) is 4.94. The van der Waals surface area contributed by atoms with E-state index in [4.69, 9.17) is 4.98 Å². The van der Waals surface area contributed by atoms with Crippen LogP contribution in [0.3, 0.4) is 0 Å². The Labute approximate surface area is 125 Å². The molecule has 5 heteroatoms. The zero-order chi connectivity index (χ0) is 14.7. The lowest BCUT2D eigenvalue weighted by molar-refractivity contribution is 0.494. The third-order valence-electron chi connectivity index (χ3n) is 3.30. The van der Waals surface area contributed by atoms with Crippen molar-refractivity contribution >= 4 is 11.3 Å². The molecule has 0 bridgehead atoms. The molecule has 1 N–H and O–H groups in total. The molecule has 0 amide bonds. The van der Waals surface area contributed by atoms with Crippen molar-refractivity contribution in [2.45, 2.75) is 59.7 Å². The van der Waals surface area contributed by atoms with Crippen LogP contribution < -0.4 is 5.32 Å². The van der Waals surface area contributed by atoms with Gasteiger partial charge in [0.25, 0.3) is 0 Å². The first-order chi connectivity index (χ1) is 9.52. The topological polar surface area (TPSA) is 42.7 Å². The fourth-order valence-electron chi connectivity index (χ4n) is 2.24. The van der Waals surface area contributed by atoms with E-state index < -0.39 is 0 Å². The molecule has 1 atom stereocenters. The first-order valence-electron chi connectivity index (χ1n) is 7.23. The maximum absolute atomic E-state index is 4.74. The molecule has 4 nitrogen and oxygen atoms in total. The highest BCUT2D eigenvalue weighted by Crippen LogP contribution is 2.28. The molecule has 110 valence electrons. The van der Waals surface area contributed by atoms with E-state index in [1.165, 1.54) is 10.6 Å². The van der Waals surface area contributed by atoms with Gasteiger partial charge >= 0.3 is 0 Å². The van der Waals surface area contributed by atoms with E-state index in [2.05, 4.69) is 49.5 Å². The second-order valence-electron chi connectivity index (χ2n) is 5.46. The second-order valence-corrected chi connectivity index (χ2v) is 6.69. The fraction of sp³-hybridized carbons (Fsp3) is 0.600. The van der Waals surface area contributed by atoms with Crippen LogP contribution in [0.1, 0.15) is 54.5 Å². The summed E-state index contributed by atoms with van der Waals surface area (Å²) in [7, 11) is 0. The van der Waals surface area contributed by atoms with Crippen LogP contribution in [-0.4, -0.2) is 20.6 Å². The highest BCUT2D eigenvalue weighted by Gasteiger charge is 2.22. The van der Waals surface area contributed by atoms with Crippen molar-refractivity contribution in [3.05, 3.63) is 33.8 Å². The highest BCUT2D eigenvalue weighted by molar-refractivity contribution is 7.11. The summed E-state index contributed by atoms with van der Waals surface area (Å²) in [5.41, 5.74) is 2.33. The summed E-state index contributed by atoms with van der Waals surface area (Å²) in [6.45, 7) is 11.7. The normalized spacial score (nSPS) is 13.1. The largest absolute Gasteiger partial charge is 0.333 e. The van der Waals surface area contributed by atoms with Crippen LogP contribution in [0.4, 0.5) is 0 Å². The van der Waals surface area contributed by atoms with E-state index in [1.54, 1.807) is 11.3 Å². The number of hydrogen-bond acceptors (Lipinski definition) is 4. The van der Waals surface area contributed by atoms with Crippen LogP contribution in [0.25, 0.3) is 0 Å². The number of hydrogen-bond donors (Lipinski definition) is 1. The monoisotopic (exact) mass is 292 g/mol. The van der Waals surface area contributed by atoms with Gasteiger partial charge in [0.05, 0.1) is 23.9 Å². The first-order valence-corrected chi connectivity index (χ1v) is 8.04. The van der Waals surface area contributed by atoms with E-state index >= 15 is 0 Å². The Bertz CT molecular complexity index is 536. The zero-order valence-corrected chi connectivity index (χ0v) is 13.8. The summed E-state index contributed by atoms with van der Waals surface area (Å²) in [6.07, 6.45) is 4.98. The fourth-order valence-corrected chi connectivity index (χ4v) is 3.23. The predicted octanol–water partition coefficient (Wildman–Crippen LogP) is 3.45. The molecule has 2 aromatic heterocycles. The van der Waals surface area contributed by atoms with Crippen LogP contribution in [-0.2, 0) is 6.54 Å². The van der Waals surface area contributed by atoms with Crippen LogP contribution in [0.15, 0.2) is 12.5 Å². The van der Waals surface area contributed by atoms with E-state index in [0.29, 0.717) is 6.04 Å². The van der Waals surface area contributed by atoms with Crippen molar-refractivity contribution in [3.8, 4) is 0 Å². The van der Waals surface area contributed by atoms with Crippen molar-refractivity contribution < 1.29 is 0 Å². The molecule has 0 radical (unpaired) electrons. The maximum Gasteiger partial charge on any atom is 0.116 e. The summed E-state index contributed by atoms with van der Waals surface area (Å²) >= 11 is 1.77. The minimum absolute atomic E-state index is 0.126. The molecule has 20 heavy (non-hydrogen) atoms. The Balaban J connectivity index is 2.38. The van der Waals surface area contributed by atoms with Gasteiger partial charge in [-0.25, -0.2) is 9.97 Å². The lowest BCUT2D eigenvalue weighted by atomic mass is 10.2. The van der Waals surface area contributed by atoms with Gasteiger partial charge < -0.3 is 9.88 Å². The van der Waals surface area contributed by atoms with Gasteiger partial charge in [0.2, 0.25) is 0 Å². The van der Waals surface area contributed by atoms with E-state index in [0.717, 1.165) is 23.7 Å². The molecular weight excluding hydrogens is 268 g/mol. The van der Waals surface area contributed by atoms with Crippen LogP contribution >= 0.6 is 11.3 Å². The van der Waals surface area contributed by atoms with Gasteiger partial charge in [0.15, 0.2) is 0 Å². The lowest BCUT2D eigenvalue weighted by Gasteiger charge is -2.20. The Morgan fingerprint density at radius 1 is 1.35 bits per heavy atom. The third-order valence-corrected chi connectivity index (χ3v) is 4.43. The van der Waals surface area contributed by atoms with Crippen molar-refractivity contribution in [2.75, 3.05) is 0 Å². The number of rotatable bonds is 6. The van der Waals surface area contributed by atoms with Crippen molar-refractivity contribution in [3.63, 3.8) is 0 Å². The van der Waals surface area contributed by atoms with Gasteiger partial charge in [-0.2, -0.15) is 0 Å². The zero-order valence-electron chi connectivity index (χ0n) is 13.0. The number of thiazole rings is 1. The molecule has 0 fully saturated rings. The minimum atomic E-state index is 0.126. The van der Waals surface area contributed by atoms with Gasteiger partial charge in [-0.3, -0.25) is 0 Å². The number of nitrogens with one attached hydrogen (secondary N) is 1. The molecule has 2 rings (SSSR count). The van der Waals surface area contributed by atoms with Gasteiger partial charge in [0, 0.05) is 17.5 Å². The summed E-state index contributed by atoms with van der Waals surface area (Å²) in [5, 5.41) is 4.76. The quantitative estimate of drug-likeness (QED) is 0.886. The van der Waals surface area contributed by atoms with E-state index in [9.17, 15) is 0 Å². The third kappa shape index (κ3) is 3.27. The van der Waals surface area contributed by atoms with Crippen LogP contribution in [0.2, 0.25) is 0 Å². The first kappa shape index (κ1) is 15.2. The summed E-state index contributed by atoms with van der Waals surface area (Å²) in [6, 6.07) is 0.524. The minimum Gasteiger partial charge on any atom is -0.333 e. The SMILES string of the molecule is CCCn1cncc1C(NC(C)C)c1nc(C)c(C)s1. The molecule has 2 aromatic rings. The standard InChI is InChI=1S/C15H24N4S/c1-6-7-19-9-16-8-13(19)14(17-10(2)3)15-18-11(4)12(5)20-15/h8-10,14,17H,6-7H2,1-5H3. The average Bonchev–Trinajstić information content (AvgIpc) is 2.95. The second kappa shape index (κ2) is 6.50. The van der Waals surface area contributed by atoms with E-state index in [1.807, 2.05) is 12.5 Å². The highest BCUT2D eigenvalue weighted by atomic mass is 32.1. The predicted molar refractivity (Wildman–Crippen MR) is 84.2 cm³/mol. The van der Waals surface area contributed by atoms with Gasteiger partial charge in [0.1, 0.15) is 11.0 Å². The molecule has 0 spiro atoms. The maximum atomic E-state index is 4.74. The van der Waals surface area contributed by atoms with Crippen LogP contribution in [0, 0.1) is 13.8 Å². The molecule has 0 saturated carbocycles. The van der Waals surface area contributed by atoms with Gasteiger partial charge in [-0.1, -0.05) is 6.92 Å². The molecule has 0 aliphatic heterocycles. The summed E-state index contributed by atoms with van der Waals surface area (Å²) in [4.78, 5) is 10.3. The number of aryl methyl sites for hydroxylation is 3. The summed E-state index contributed by atoms with van der Waals surface area (Å²) < 4.78 is 2.23. The van der Waals surface area contributed by atoms with E-state index in [-0.39, 0.29) is 6.04 Å². The lowest BCUT2D eigenvalue weighted by Crippen LogP contribution is -2.30. The molecular formula is C15H24N4S. The van der Waals surface area contributed by atoms with Crippen molar-refractivity contribution in [1.82, 2.24) is 19.9 Å². The number of imidazole rings is 1. The molecule has 1 unspecified atom stereocenters. The Hall–Kier alpha value is -1.20. The van der Waals surface area contributed by atoms with Crippen molar-refractivity contribution in [2.24, 2.45) is 0 Å². The van der Waals surface area contributed by atoms with Gasteiger partial charge in [-0.15, -0.1) is 11.3 Å². The Morgan fingerprint density at radius 3 is 2.65 bits per heavy atom. The summed E-state index contributed by atoms with van der Waals surface area (Å²) in [5.74, 6) is 0. The molecule has 0 aliphatic rings. The molecule has 0 aromatic carbocycles. The molecule has 0 saturated heterocycles.